The second-order valence-electron chi connectivity index (χ2n) is 8.12. The van der Waals surface area contributed by atoms with Gasteiger partial charge in [-0.15, -0.1) is 0 Å². The second kappa shape index (κ2) is 7.89. The topological polar surface area (TPSA) is 58.2 Å². The van der Waals surface area contributed by atoms with Gasteiger partial charge in [-0.3, -0.25) is 0 Å². The normalized spacial score (nSPS) is 16.2. The molecule has 1 N–H and O–H groups in total. The zero-order valence-corrected chi connectivity index (χ0v) is 17.2. The Morgan fingerprint density at radius 3 is 2.48 bits per heavy atom. The number of benzene rings is 1. The summed E-state index contributed by atoms with van der Waals surface area (Å²) in [6.45, 7) is 6.52. The highest BCUT2D eigenvalue weighted by Gasteiger charge is 2.32. The fraction of sp³-hybridized carbons (Fsp3) is 0.500. The molecule has 29 heavy (non-hydrogen) atoms. The number of piperidine rings is 1. The first-order valence-corrected chi connectivity index (χ1v) is 9.72. The number of carbonyl (C=O) groups excluding carboxylic acids is 1. The van der Waals surface area contributed by atoms with E-state index in [-0.39, 0.29) is 22.6 Å². The number of rotatable bonds is 2. The molecule has 2 heterocycles. The molecule has 1 saturated heterocycles. The second-order valence-corrected chi connectivity index (χ2v) is 8.52. The van der Waals surface area contributed by atoms with Crippen LogP contribution in [0.15, 0.2) is 24.4 Å². The van der Waals surface area contributed by atoms with E-state index in [0.29, 0.717) is 37.4 Å². The van der Waals surface area contributed by atoms with Gasteiger partial charge < -0.3 is 14.6 Å². The van der Waals surface area contributed by atoms with Crippen molar-refractivity contribution in [1.82, 2.24) is 14.9 Å². The van der Waals surface area contributed by atoms with E-state index >= 15 is 0 Å². The molecule has 0 atom stereocenters. The lowest BCUT2D eigenvalue weighted by molar-refractivity contribution is -0.137. The zero-order chi connectivity index (χ0) is 21.4. The molecule has 5 nitrogen and oxygen atoms in total. The highest BCUT2D eigenvalue weighted by atomic mass is 35.5. The third kappa shape index (κ3) is 5.23. The van der Waals surface area contributed by atoms with Gasteiger partial charge in [0, 0.05) is 29.6 Å². The van der Waals surface area contributed by atoms with Gasteiger partial charge in [-0.05, 0) is 51.8 Å². The molecule has 1 amide bonds. The van der Waals surface area contributed by atoms with Crippen LogP contribution in [-0.4, -0.2) is 39.7 Å². The van der Waals surface area contributed by atoms with Crippen molar-refractivity contribution < 1.29 is 22.7 Å². The number of halogens is 4. The number of aromatic amines is 1. The summed E-state index contributed by atoms with van der Waals surface area (Å²) < 4.78 is 44.4. The van der Waals surface area contributed by atoms with Crippen molar-refractivity contribution in [2.45, 2.75) is 51.3 Å². The minimum Gasteiger partial charge on any atom is -0.444 e. The number of hydrogen-bond donors (Lipinski definition) is 1. The fourth-order valence-corrected chi connectivity index (χ4v) is 3.47. The Bertz CT molecular complexity index is 882. The fourth-order valence-electron chi connectivity index (χ4n) is 3.25. The molecule has 0 radical (unpaired) electrons. The van der Waals surface area contributed by atoms with E-state index in [1.165, 1.54) is 12.3 Å². The predicted octanol–water partition coefficient (Wildman–Crippen LogP) is 5.86. The van der Waals surface area contributed by atoms with Crippen LogP contribution in [0.4, 0.5) is 18.0 Å². The molecule has 1 aliphatic rings. The Morgan fingerprint density at radius 2 is 1.90 bits per heavy atom. The van der Waals surface area contributed by atoms with Crippen LogP contribution in [0.2, 0.25) is 5.02 Å². The lowest BCUT2D eigenvalue weighted by Crippen LogP contribution is -2.41. The molecule has 0 aliphatic carbocycles. The monoisotopic (exact) mass is 429 g/mol. The molecule has 158 valence electrons. The van der Waals surface area contributed by atoms with E-state index in [1.54, 1.807) is 4.90 Å². The number of ether oxygens (including phenoxy) is 1. The summed E-state index contributed by atoms with van der Waals surface area (Å²) in [7, 11) is 0. The standard InChI is InChI=1S/C20H23ClF3N3O2/c1-19(2,3)29-18(28)27-8-6-12(7-9-27)17-25-11-16(26-17)14-10-13(20(22,23)24)4-5-15(14)21/h4-5,10-12H,6-9H2,1-3H3,(H,25,26). The third-order valence-corrected chi connectivity index (χ3v) is 5.04. The molecule has 1 aromatic heterocycles. The average molecular weight is 430 g/mol. The van der Waals surface area contributed by atoms with E-state index in [2.05, 4.69) is 9.97 Å². The lowest BCUT2D eigenvalue weighted by Gasteiger charge is -2.32. The number of amides is 1. The van der Waals surface area contributed by atoms with E-state index in [1.807, 2.05) is 20.8 Å². The van der Waals surface area contributed by atoms with Crippen molar-refractivity contribution in [3.63, 3.8) is 0 Å². The SMILES string of the molecule is CC(C)(C)OC(=O)N1CCC(c2ncc(-c3cc(C(F)(F)F)ccc3Cl)[nH]2)CC1. The molecule has 1 aromatic carbocycles. The number of alkyl halides is 3. The number of nitrogens with one attached hydrogen (secondary N) is 1. The van der Waals surface area contributed by atoms with Crippen molar-refractivity contribution in [3.05, 3.63) is 40.8 Å². The zero-order valence-electron chi connectivity index (χ0n) is 16.4. The summed E-state index contributed by atoms with van der Waals surface area (Å²) in [5.41, 5.74) is -0.621. The van der Waals surface area contributed by atoms with Crippen LogP contribution in [0.25, 0.3) is 11.3 Å². The van der Waals surface area contributed by atoms with Gasteiger partial charge in [-0.25, -0.2) is 9.78 Å². The van der Waals surface area contributed by atoms with Crippen LogP contribution >= 0.6 is 11.6 Å². The molecule has 3 rings (SSSR count). The third-order valence-electron chi connectivity index (χ3n) is 4.71. The molecule has 0 bridgehead atoms. The number of H-pyrrole nitrogens is 1. The van der Waals surface area contributed by atoms with Crippen molar-refractivity contribution in [2.24, 2.45) is 0 Å². The summed E-state index contributed by atoms with van der Waals surface area (Å²) in [5, 5.41) is 0.216. The molecule has 0 saturated carbocycles. The summed E-state index contributed by atoms with van der Waals surface area (Å²) in [6, 6.07) is 3.21. The maximum Gasteiger partial charge on any atom is 0.416 e. The molecular weight excluding hydrogens is 407 g/mol. The van der Waals surface area contributed by atoms with Gasteiger partial charge >= 0.3 is 12.3 Å². The van der Waals surface area contributed by atoms with Gasteiger partial charge in [-0.1, -0.05) is 11.6 Å². The Balaban J connectivity index is 1.70. The van der Waals surface area contributed by atoms with Crippen LogP contribution in [0.5, 0.6) is 0 Å². The number of aromatic nitrogens is 2. The van der Waals surface area contributed by atoms with Gasteiger partial charge in [0.2, 0.25) is 0 Å². The number of nitrogens with zero attached hydrogens (tertiary/aromatic N) is 2. The first-order chi connectivity index (χ1) is 13.4. The number of carbonyl (C=O) groups is 1. The summed E-state index contributed by atoms with van der Waals surface area (Å²) in [6.07, 6.45) is -1.93. The van der Waals surface area contributed by atoms with Crippen LogP contribution in [0.1, 0.15) is 50.9 Å². The predicted molar refractivity (Wildman–Crippen MR) is 104 cm³/mol. The molecule has 0 unspecified atom stereocenters. The Kier molecular flexibility index (Phi) is 5.85. The maximum absolute atomic E-state index is 13.0. The Hall–Kier alpha value is -2.22. The largest absolute Gasteiger partial charge is 0.444 e. The quantitative estimate of drug-likeness (QED) is 0.650. The van der Waals surface area contributed by atoms with Gasteiger partial charge in [0.15, 0.2) is 0 Å². The van der Waals surface area contributed by atoms with Gasteiger partial charge in [-0.2, -0.15) is 13.2 Å². The number of imidazole rings is 1. The highest BCUT2D eigenvalue weighted by Crippen LogP contribution is 2.36. The first-order valence-electron chi connectivity index (χ1n) is 9.34. The Labute approximate surface area is 172 Å². The van der Waals surface area contributed by atoms with Crippen molar-refractivity contribution in [2.75, 3.05) is 13.1 Å². The summed E-state index contributed by atoms with van der Waals surface area (Å²) in [5.74, 6) is 0.754. The van der Waals surface area contributed by atoms with Crippen LogP contribution in [-0.2, 0) is 10.9 Å². The van der Waals surface area contributed by atoms with E-state index in [9.17, 15) is 18.0 Å². The van der Waals surface area contributed by atoms with Gasteiger partial charge in [0.25, 0.3) is 0 Å². The minimum atomic E-state index is -4.45. The van der Waals surface area contributed by atoms with Crippen molar-refractivity contribution in [3.8, 4) is 11.3 Å². The smallest absolute Gasteiger partial charge is 0.416 e. The molecule has 1 fully saturated rings. The van der Waals surface area contributed by atoms with Crippen molar-refractivity contribution in [1.29, 1.82) is 0 Å². The van der Waals surface area contributed by atoms with Gasteiger partial charge in [0.1, 0.15) is 11.4 Å². The van der Waals surface area contributed by atoms with Gasteiger partial charge in [0.05, 0.1) is 17.5 Å². The molecule has 1 aliphatic heterocycles. The van der Waals surface area contributed by atoms with E-state index < -0.39 is 17.3 Å². The molecule has 0 spiro atoms. The van der Waals surface area contributed by atoms with Crippen molar-refractivity contribution >= 4 is 17.7 Å². The number of hydrogen-bond acceptors (Lipinski definition) is 3. The number of likely N-dealkylation sites (tertiary alicyclic amines) is 1. The summed E-state index contributed by atoms with van der Waals surface area (Å²) in [4.78, 5) is 21.3. The van der Waals surface area contributed by atoms with E-state index in [0.717, 1.165) is 12.1 Å². The van der Waals surface area contributed by atoms with Crippen LogP contribution in [0.3, 0.4) is 0 Å². The summed E-state index contributed by atoms with van der Waals surface area (Å²) >= 11 is 6.11. The Morgan fingerprint density at radius 1 is 1.24 bits per heavy atom. The first kappa shape index (κ1) is 21.5. The lowest BCUT2D eigenvalue weighted by atomic mass is 9.96. The average Bonchev–Trinajstić information content (AvgIpc) is 3.09. The van der Waals surface area contributed by atoms with E-state index in [4.69, 9.17) is 16.3 Å². The van der Waals surface area contributed by atoms with Crippen LogP contribution in [0, 0.1) is 0 Å². The van der Waals surface area contributed by atoms with Crippen LogP contribution < -0.4 is 0 Å². The highest BCUT2D eigenvalue weighted by molar-refractivity contribution is 6.33. The molecular formula is C20H23ClF3N3O2. The minimum absolute atomic E-state index is 0.0759. The molecule has 9 heteroatoms. The molecule has 2 aromatic rings. The maximum atomic E-state index is 13.0.